The summed E-state index contributed by atoms with van der Waals surface area (Å²) < 4.78 is 0. The predicted molar refractivity (Wildman–Crippen MR) is 47.6 cm³/mol. The average molecular weight is 167 g/mol. The molecule has 1 aliphatic rings. The van der Waals surface area contributed by atoms with Gasteiger partial charge in [-0.15, -0.1) is 6.58 Å². The Morgan fingerprint density at radius 2 is 2.42 bits per heavy atom. The van der Waals surface area contributed by atoms with Gasteiger partial charge in [-0.2, -0.15) is 5.10 Å². The van der Waals surface area contributed by atoms with Crippen molar-refractivity contribution in [3.63, 3.8) is 0 Å². The number of carbonyl (C=O) groups is 1. The van der Waals surface area contributed by atoms with Crippen molar-refractivity contribution in [3.8, 4) is 0 Å². The van der Waals surface area contributed by atoms with Gasteiger partial charge in [0.05, 0.1) is 12.3 Å². The number of hydrogen-bond acceptors (Lipinski definition) is 3. The molecule has 2 N–H and O–H groups in total. The van der Waals surface area contributed by atoms with Crippen molar-refractivity contribution in [2.24, 2.45) is 10.8 Å². The maximum absolute atomic E-state index is 11.2. The summed E-state index contributed by atoms with van der Waals surface area (Å²) in [5.41, 5.74) is 6.30. The highest BCUT2D eigenvalue weighted by Gasteiger charge is 2.17. The summed E-state index contributed by atoms with van der Waals surface area (Å²) in [4.78, 5) is 11.2. The Bertz CT molecular complexity index is 222. The van der Waals surface area contributed by atoms with Crippen LogP contribution in [-0.2, 0) is 4.79 Å². The highest BCUT2D eigenvalue weighted by Crippen LogP contribution is 2.07. The Morgan fingerprint density at radius 1 is 1.67 bits per heavy atom. The molecule has 0 spiro atoms. The Morgan fingerprint density at radius 3 is 3.00 bits per heavy atom. The van der Waals surface area contributed by atoms with Crippen molar-refractivity contribution < 1.29 is 4.79 Å². The van der Waals surface area contributed by atoms with E-state index >= 15 is 0 Å². The van der Waals surface area contributed by atoms with Crippen LogP contribution in [0.15, 0.2) is 17.8 Å². The lowest BCUT2D eigenvalue weighted by Gasteiger charge is -2.21. The van der Waals surface area contributed by atoms with E-state index in [1.54, 1.807) is 6.08 Å². The number of rotatable bonds is 3. The molecule has 0 bridgehead atoms. The van der Waals surface area contributed by atoms with Gasteiger partial charge in [0.15, 0.2) is 0 Å². The van der Waals surface area contributed by atoms with Crippen LogP contribution in [0.1, 0.15) is 12.8 Å². The van der Waals surface area contributed by atoms with E-state index in [9.17, 15) is 4.79 Å². The first kappa shape index (κ1) is 8.93. The summed E-state index contributed by atoms with van der Waals surface area (Å²) in [6.45, 7) is 4.45. The summed E-state index contributed by atoms with van der Waals surface area (Å²) in [5.74, 6) is 0.0482. The molecule has 0 radical (unpaired) electrons. The molecule has 1 rings (SSSR count). The third kappa shape index (κ3) is 1.92. The van der Waals surface area contributed by atoms with E-state index in [-0.39, 0.29) is 5.91 Å². The van der Waals surface area contributed by atoms with Gasteiger partial charge < -0.3 is 5.73 Å². The van der Waals surface area contributed by atoms with Crippen molar-refractivity contribution >= 4 is 11.6 Å². The molecule has 0 aromatic heterocycles. The third-order valence-corrected chi connectivity index (χ3v) is 1.72. The van der Waals surface area contributed by atoms with Crippen LogP contribution >= 0.6 is 0 Å². The molecular formula is C8H13N3O. The molecule has 12 heavy (non-hydrogen) atoms. The number of amides is 1. The predicted octanol–water partition coefficient (Wildman–Crippen LogP) is 0.109. The first-order valence-corrected chi connectivity index (χ1v) is 3.95. The van der Waals surface area contributed by atoms with Gasteiger partial charge in [0.1, 0.15) is 0 Å². The third-order valence-electron chi connectivity index (χ3n) is 1.72. The number of hydrogen-bond donors (Lipinski definition) is 1. The summed E-state index contributed by atoms with van der Waals surface area (Å²) in [7, 11) is 0. The Balaban J connectivity index is 2.67. The van der Waals surface area contributed by atoms with E-state index in [0.29, 0.717) is 25.9 Å². The second kappa shape index (κ2) is 4.01. The van der Waals surface area contributed by atoms with Crippen molar-refractivity contribution in [3.05, 3.63) is 12.7 Å². The van der Waals surface area contributed by atoms with Crippen LogP contribution in [0.4, 0.5) is 0 Å². The smallest absolute Gasteiger partial charge is 0.243 e. The van der Waals surface area contributed by atoms with Gasteiger partial charge in [0, 0.05) is 13.0 Å². The van der Waals surface area contributed by atoms with Gasteiger partial charge in [-0.3, -0.25) is 4.79 Å². The van der Waals surface area contributed by atoms with E-state index < -0.39 is 0 Å². The topological polar surface area (TPSA) is 58.7 Å². The van der Waals surface area contributed by atoms with Crippen molar-refractivity contribution in [2.45, 2.75) is 12.8 Å². The van der Waals surface area contributed by atoms with Crippen LogP contribution in [0.5, 0.6) is 0 Å². The minimum Gasteiger partial charge on any atom is -0.325 e. The van der Waals surface area contributed by atoms with Crippen LogP contribution in [0.2, 0.25) is 0 Å². The molecule has 0 aliphatic carbocycles. The molecule has 0 saturated carbocycles. The summed E-state index contributed by atoms with van der Waals surface area (Å²) in [5, 5.41) is 5.49. The minimum atomic E-state index is 0.0482. The van der Waals surface area contributed by atoms with E-state index in [1.807, 2.05) is 0 Å². The first-order valence-electron chi connectivity index (χ1n) is 3.95. The monoisotopic (exact) mass is 167 g/mol. The maximum Gasteiger partial charge on any atom is 0.243 e. The molecule has 0 fully saturated rings. The van der Waals surface area contributed by atoms with Gasteiger partial charge in [0.25, 0.3) is 0 Å². The molecule has 1 amide bonds. The molecule has 66 valence electrons. The molecule has 4 heteroatoms. The summed E-state index contributed by atoms with van der Waals surface area (Å²) >= 11 is 0. The molecule has 0 atom stereocenters. The second-order valence-corrected chi connectivity index (χ2v) is 2.63. The zero-order valence-electron chi connectivity index (χ0n) is 6.99. The van der Waals surface area contributed by atoms with Crippen LogP contribution in [0.25, 0.3) is 0 Å². The van der Waals surface area contributed by atoms with E-state index in [1.165, 1.54) is 5.01 Å². The largest absolute Gasteiger partial charge is 0.325 e. The van der Waals surface area contributed by atoms with Gasteiger partial charge in [-0.25, -0.2) is 5.01 Å². The number of nitrogens with two attached hydrogens (primary N) is 1. The minimum absolute atomic E-state index is 0.0482. The summed E-state index contributed by atoms with van der Waals surface area (Å²) in [6.07, 6.45) is 2.87. The van der Waals surface area contributed by atoms with Crippen molar-refractivity contribution in [1.82, 2.24) is 5.01 Å². The van der Waals surface area contributed by atoms with Crippen LogP contribution < -0.4 is 5.73 Å². The van der Waals surface area contributed by atoms with E-state index in [0.717, 1.165) is 5.71 Å². The van der Waals surface area contributed by atoms with Gasteiger partial charge in [-0.1, -0.05) is 6.08 Å². The standard InChI is InChI=1S/C8H13N3O/c1-2-5-11-8(12)4-3-7(6-9)10-11/h2H,1,3-6,9H2. The number of nitrogens with zero attached hydrogens (tertiary/aromatic N) is 2. The average Bonchev–Trinajstić information content (AvgIpc) is 2.09. The van der Waals surface area contributed by atoms with Crippen molar-refractivity contribution in [2.75, 3.05) is 13.1 Å². The van der Waals surface area contributed by atoms with E-state index in [2.05, 4.69) is 11.7 Å². The lowest BCUT2D eigenvalue weighted by molar-refractivity contribution is -0.131. The van der Waals surface area contributed by atoms with Gasteiger partial charge in [0.2, 0.25) is 5.91 Å². The highest BCUT2D eigenvalue weighted by atomic mass is 16.2. The molecule has 1 heterocycles. The Hall–Kier alpha value is -1.16. The molecule has 0 saturated heterocycles. The highest BCUT2D eigenvalue weighted by molar-refractivity contribution is 5.93. The molecule has 1 aliphatic heterocycles. The molecule has 0 aromatic rings. The molecule has 0 unspecified atom stereocenters. The maximum atomic E-state index is 11.2. The molecular weight excluding hydrogens is 154 g/mol. The van der Waals surface area contributed by atoms with Crippen molar-refractivity contribution in [1.29, 1.82) is 0 Å². The summed E-state index contributed by atoms with van der Waals surface area (Å²) in [6, 6.07) is 0. The zero-order chi connectivity index (χ0) is 8.97. The number of hydrazone groups is 1. The number of carbonyl (C=O) groups excluding carboxylic acids is 1. The quantitative estimate of drug-likeness (QED) is 0.606. The Labute approximate surface area is 71.7 Å². The second-order valence-electron chi connectivity index (χ2n) is 2.63. The van der Waals surface area contributed by atoms with E-state index in [4.69, 9.17) is 5.73 Å². The van der Waals surface area contributed by atoms with Gasteiger partial charge >= 0.3 is 0 Å². The SMILES string of the molecule is C=CCN1N=C(CN)CCC1=O. The fourth-order valence-corrected chi connectivity index (χ4v) is 1.06. The van der Waals surface area contributed by atoms with Crippen LogP contribution in [-0.4, -0.2) is 29.7 Å². The molecule has 0 aromatic carbocycles. The normalized spacial score (nSPS) is 17.6. The lowest BCUT2D eigenvalue weighted by atomic mass is 10.2. The fraction of sp³-hybridized carbons (Fsp3) is 0.500. The van der Waals surface area contributed by atoms with Gasteiger partial charge in [-0.05, 0) is 6.42 Å². The fourth-order valence-electron chi connectivity index (χ4n) is 1.06. The Kier molecular flexibility index (Phi) is 2.99. The van der Waals surface area contributed by atoms with Crippen LogP contribution in [0.3, 0.4) is 0 Å². The first-order chi connectivity index (χ1) is 5.77. The van der Waals surface area contributed by atoms with Crippen LogP contribution in [0, 0.1) is 0 Å². The lowest BCUT2D eigenvalue weighted by Crippen LogP contribution is -2.34. The molecule has 4 nitrogen and oxygen atoms in total. The zero-order valence-corrected chi connectivity index (χ0v) is 6.99.